The maximum absolute atomic E-state index is 12.3. The zero-order valence-corrected chi connectivity index (χ0v) is 11.8. The fourth-order valence-electron chi connectivity index (χ4n) is 2.85. The lowest BCUT2D eigenvalue weighted by Crippen LogP contribution is -2.30. The van der Waals surface area contributed by atoms with Gasteiger partial charge < -0.3 is 9.47 Å². The molecule has 102 valence electrons. The molecule has 0 saturated heterocycles. The van der Waals surface area contributed by atoms with Gasteiger partial charge in [-0.3, -0.25) is 0 Å². The van der Waals surface area contributed by atoms with Gasteiger partial charge in [-0.2, -0.15) is 0 Å². The molecule has 1 atom stereocenters. The summed E-state index contributed by atoms with van der Waals surface area (Å²) in [5.74, 6) is -1.46. The van der Waals surface area contributed by atoms with Crippen LogP contribution in [-0.4, -0.2) is 13.1 Å². The van der Waals surface area contributed by atoms with E-state index in [1.165, 1.54) is 0 Å². The molecule has 1 unspecified atom stereocenters. The van der Waals surface area contributed by atoms with E-state index >= 15 is 0 Å². The van der Waals surface area contributed by atoms with E-state index in [1.807, 2.05) is 56.3 Å². The van der Waals surface area contributed by atoms with Gasteiger partial charge in [0.15, 0.2) is 0 Å². The molecule has 2 aromatic carbocycles. The number of methoxy groups -OCH3 is 1. The van der Waals surface area contributed by atoms with E-state index in [9.17, 15) is 4.79 Å². The Labute approximate surface area is 118 Å². The van der Waals surface area contributed by atoms with Gasteiger partial charge in [-0.15, -0.1) is 0 Å². The van der Waals surface area contributed by atoms with Gasteiger partial charge in [0, 0.05) is 18.2 Å². The molecule has 0 N–H and O–H groups in total. The number of carbonyl (C=O) groups excluding carboxylic acids is 1. The van der Waals surface area contributed by atoms with Gasteiger partial charge in [-0.25, -0.2) is 4.79 Å². The van der Waals surface area contributed by atoms with Crippen LogP contribution in [0.4, 0.5) is 0 Å². The van der Waals surface area contributed by atoms with Crippen LogP contribution >= 0.6 is 0 Å². The number of cyclic esters (lactones) is 1. The van der Waals surface area contributed by atoms with E-state index in [0.717, 1.165) is 22.3 Å². The van der Waals surface area contributed by atoms with Crippen LogP contribution in [0.25, 0.3) is 0 Å². The molecule has 3 rings (SSSR count). The topological polar surface area (TPSA) is 35.5 Å². The second-order valence-electron chi connectivity index (χ2n) is 5.03. The molecule has 2 aromatic rings. The number of carbonyl (C=O) groups is 1. The normalized spacial score (nSPS) is 20.6. The lowest BCUT2D eigenvalue weighted by Gasteiger charge is -2.28. The molecule has 0 fully saturated rings. The molecule has 3 heteroatoms. The molecule has 3 nitrogen and oxygen atoms in total. The van der Waals surface area contributed by atoms with E-state index in [1.54, 1.807) is 7.11 Å². The Kier molecular flexibility index (Phi) is 2.87. The molecule has 0 bridgehead atoms. The monoisotopic (exact) mass is 268 g/mol. The highest BCUT2D eigenvalue weighted by Crippen LogP contribution is 2.45. The Morgan fingerprint density at radius 3 is 2.30 bits per heavy atom. The van der Waals surface area contributed by atoms with E-state index in [2.05, 4.69) is 0 Å². The molecule has 0 amide bonds. The summed E-state index contributed by atoms with van der Waals surface area (Å²) in [6.45, 7) is 3.88. The average molecular weight is 268 g/mol. The third-order valence-corrected chi connectivity index (χ3v) is 3.83. The number of hydrogen-bond acceptors (Lipinski definition) is 3. The Morgan fingerprint density at radius 1 is 1.00 bits per heavy atom. The third kappa shape index (κ3) is 1.60. The summed E-state index contributed by atoms with van der Waals surface area (Å²) in [6.07, 6.45) is 0. The lowest BCUT2D eigenvalue weighted by atomic mass is 9.89. The van der Waals surface area contributed by atoms with Crippen molar-refractivity contribution >= 4 is 5.97 Å². The smallest absolute Gasteiger partial charge is 0.342 e. The van der Waals surface area contributed by atoms with Gasteiger partial charge in [-0.1, -0.05) is 42.5 Å². The van der Waals surface area contributed by atoms with Crippen LogP contribution in [0.3, 0.4) is 0 Å². The average Bonchev–Trinajstić information content (AvgIpc) is 2.79. The van der Waals surface area contributed by atoms with Crippen molar-refractivity contribution in [1.82, 2.24) is 0 Å². The largest absolute Gasteiger partial charge is 0.420 e. The van der Waals surface area contributed by atoms with Gasteiger partial charge in [0.1, 0.15) is 0 Å². The Bertz CT molecular complexity index is 676. The fourth-order valence-corrected chi connectivity index (χ4v) is 2.85. The first-order chi connectivity index (χ1) is 9.60. The van der Waals surface area contributed by atoms with Crippen LogP contribution in [0, 0.1) is 13.8 Å². The maximum Gasteiger partial charge on any atom is 0.342 e. The number of benzene rings is 2. The van der Waals surface area contributed by atoms with Crippen LogP contribution in [0.15, 0.2) is 42.5 Å². The predicted molar refractivity (Wildman–Crippen MR) is 75.6 cm³/mol. The van der Waals surface area contributed by atoms with Crippen LogP contribution in [0.5, 0.6) is 0 Å². The molecule has 1 aliphatic heterocycles. The lowest BCUT2D eigenvalue weighted by molar-refractivity contribution is -0.154. The van der Waals surface area contributed by atoms with Gasteiger partial charge in [0.25, 0.3) is 5.79 Å². The van der Waals surface area contributed by atoms with Crippen molar-refractivity contribution in [2.45, 2.75) is 19.6 Å². The van der Waals surface area contributed by atoms with Crippen molar-refractivity contribution in [3.63, 3.8) is 0 Å². The summed E-state index contributed by atoms with van der Waals surface area (Å²) in [5, 5.41) is 0. The van der Waals surface area contributed by atoms with E-state index < -0.39 is 5.79 Å². The van der Waals surface area contributed by atoms with Crippen molar-refractivity contribution in [2.24, 2.45) is 0 Å². The number of ether oxygens (including phenoxy) is 2. The Morgan fingerprint density at radius 2 is 1.65 bits per heavy atom. The van der Waals surface area contributed by atoms with Gasteiger partial charge in [-0.05, 0) is 25.0 Å². The van der Waals surface area contributed by atoms with Crippen LogP contribution in [-0.2, 0) is 15.3 Å². The Balaban J connectivity index is 2.34. The van der Waals surface area contributed by atoms with Crippen LogP contribution in [0.2, 0.25) is 0 Å². The number of fused-ring (bicyclic) bond motifs is 1. The number of esters is 1. The van der Waals surface area contributed by atoms with Crippen LogP contribution in [0.1, 0.15) is 32.6 Å². The van der Waals surface area contributed by atoms with Gasteiger partial charge in [0.2, 0.25) is 0 Å². The molecule has 1 aliphatic rings. The number of aryl methyl sites for hydroxylation is 2. The van der Waals surface area contributed by atoms with Crippen molar-refractivity contribution in [2.75, 3.05) is 7.11 Å². The summed E-state index contributed by atoms with van der Waals surface area (Å²) < 4.78 is 11.3. The van der Waals surface area contributed by atoms with Crippen LogP contribution < -0.4 is 0 Å². The molecule has 0 radical (unpaired) electrons. The SMILES string of the molecule is COC1(c2ccccc2)OC(=O)c2c(C)ccc(C)c21. The molecule has 0 aliphatic carbocycles. The number of hydrogen-bond donors (Lipinski definition) is 0. The fraction of sp³-hybridized carbons (Fsp3) is 0.235. The van der Waals surface area contributed by atoms with E-state index in [4.69, 9.17) is 9.47 Å². The van der Waals surface area contributed by atoms with Gasteiger partial charge >= 0.3 is 5.97 Å². The summed E-state index contributed by atoms with van der Waals surface area (Å²) in [7, 11) is 1.57. The predicted octanol–water partition coefficient (Wildman–Crippen LogP) is 3.32. The van der Waals surface area contributed by atoms with E-state index in [-0.39, 0.29) is 5.97 Å². The minimum absolute atomic E-state index is 0.327. The Hall–Kier alpha value is -2.13. The zero-order valence-electron chi connectivity index (χ0n) is 11.8. The first-order valence-corrected chi connectivity index (χ1v) is 6.55. The molecule has 0 aromatic heterocycles. The quantitative estimate of drug-likeness (QED) is 0.784. The summed E-state index contributed by atoms with van der Waals surface area (Å²) in [5.41, 5.74) is 4.16. The third-order valence-electron chi connectivity index (χ3n) is 3.83. The van der Waals surface area contributed by atoms with Crippen molar-refractivity contribution in [3.05, 3.63) is 70.3 Å². The number of rotatable bonds is 2. The highest BCUT2D eigenvalue weighted by atomic mass is 16.7. The minimum atomic E-state index is -1.14. The second kappa shape index (κ2) is 4.46. The summed E-state index contributed by atoms with van der Waals surface area (Å²) in [6, 6.07) is 13.5. The van der Waals surface area contributed by atoms with Crippen molar-refractivity contribution in [3.8, 4) is 0 Å². The molecule has 1 heterocycles. The standard InChI is InChI=1S/C17H16O3/c1-11-9-10-12(2)15-14(11)16(18)20-17(15,19-3)13-7-5-4-6-8-13/h4-10H,1-3H3. The highest BCUT2D eigenvalue weighted by Gasteiger charge is 2.49. The first kappa shape index (κ1) is 12.9. The van der Waals surface area contributed by atoms with E-state index in [0.29, 0.717) is 5.56 Å². The second-order valence-corrected chi connectivity index (χ2v) is 5.03. The summed E-state index contributed by atoms with van der Waals surface area (Å²) in [4.78, 5) is 12.3. The molecular weight excluding hydrogens is 252 g/mol. The summed E-state index contributed by atoms with van der Waals surface area (Å²) >= 11 is 0. The maximum atomic E-state index is 12.3. The first-order valence-electron chi connectivity index (χ1n) is 6.55. The molecule has 0 saturated carbocycles. The highest BCUT2D eigenvalue weighted by molar-refractivity contribution is 5.97. The molecule has 20 heavy (non-hydrogen) atoms. The van der Waals surface area contributed by atoms with Crippen molar-refractivity contribution < 1.29 is 14.3 Å². The molecular formula is C17H16O3. The minimum Gasteiger partial charge on any atom is -0.420 e. The van der Waals surface area contributed by atoms with Crippen molar-refractivity contribution in [1.29, 1.82) is 0 Å². The van der Waals surface area contributed by atoms with Gasteiger partial charge in [0.05, 0.1) is 5.56 Å². The zero-order chi connectivity index (χ0) is 14.3. The molecule has 0 spiro atoms.